The number of likely N-dealkylation sites (tertiary alicyclic amines) is 1. The number of carbonyl (C=O) groups excluding carboxylic acids is 2. The average molecular weight is 371 g/mol. The topological polar surface area (TPSA) is 91.9 Å². The molecule has 0 radical (unpaired) electrons. The minimum Gasteiger partial charge on any atom is -0.339 e. The van der Waals surface area contributed by atoms with Gasteiger partial charge in [0.25, 0.3) is 5.91 Å². The molecule has 3 fully saturated rings. The Morgan fingerprint density at radius 1 is 1.30 bits per heavy atom. The molecule has 2 aliphatic heterocycles. The molecule has 8 heteroatoms. The third kappa shape index (κ3) is 2.85. The van der Waals surface area contributed by atoms with Crippen molar-refractivity contribution in [3.63, 3.8) is 0 Å². The molecule has 1 aromatic heterocycles. The summed E-state index contributed by atoms with van der Waals surface area (Å²) in [4.78, 5) is 31.3. The van der Waals surface area contributed by atoms with E-state index < -0.39 is 0 Å². The van der Waals surface area contributed by atoms with Crippen molar-refractivity contribution in [1.82, 2.24) is 20.0 Å². The van der Waals surface area contributed by atoms with E-state index in [1.165, 1.54) is 17.9 Å². The normalized spacial score (nSPS) is 30.6. The number of hydrazone groups is 1. The van der Waals surface area contributed by atoms with Crippen LogP contribution in [-0.4, -0.2) is 57.7 Å². The van der Waals surface area contributed by atoms with Gasteiger partial charge in [0.05, 0.1) is 5.41 Å². The summed E-state index contributed by atoms with van der Waals surface area (Å²) >= 11 is 0. The van der Waals surface area contributed by atoms with Crippen LogP contribution in [0.1, 0.15) is 56.7 Å². The molecule has 0 unspecified atom stereocenters. The van der Waals surface area contributed by atoms with E-state index in [9.17, 15) is 9.59 Å². The lowest BCUT2D eigenvalue weighted by Gasteiger charge is -2.25. The molecule has 2 atom stereocenters. The van der Waals surface area contributed by atoms with Crippen molar-refractivity contribution in [3.8, 4) is 0 Å². The lowest BCUT2D eigenvalue weighted by atomic mass is 9.80. The first-order valence-corrected chi connectivity index (χ1v) is 10.0. The summed E-state index contributed by atoms with van der Waals surface area (Å²) in [5.41, 5.74) is 0.272. The molecule has 2 amide bonds. The predicted molar refractivity (Wildman–Crippen MR) is 95.8 cm³/mol. The number of aromatic nitrogens is 2. The van der Waals surface area contributed by atoms with E-state index in [4.69, 9.17) is 9.51 Å². The van der Waals surface area contributed by atoms with E-state index in [-0.39, 0.29) is 17.2 Å². The Morgan fingerprint density at radius 3 is 2.93 bits per heavy atom. The number of rotatable bonds is 4. The SMILES string of the molecule is CN1N=C(C(=O)N2C[C@H]3CCC[C@@]3(c3nc(CC4CC4)no3)C2)CCC1=O. The minimum absolute atomic E-state index is 0.0460. The fourth-order valence-electron chi connectivity index (χ4n) is 4.92. The molecule has 0 bridgehead atoms. The Balaban J connectivity index is 1.36. The highest BCUT2D eigenvalue weighted by atomic mass is 16.5. The van der Waals surface area contributed by atoms with Crippen molar-refractivity contribution in [2.24, 2.45) is 16.9 Å². The number of hydrogen-bond donors (Lipinski definition) is 0. The number of nitrogens with zero attached hydrogens (tertiary/aromatic N) is 5. The van der Waals surface area contributed by atoms with Crippen molar-refractivity contribution < 1.29 is 14.1 Å². The molecule has 0 aromatic carbocycles. The number of fused-ring (bicyclic) bond motifs is 1. The highest BCUT2D eigenvalue weighted by Crippen LogP contribution is 2.50. The van der Waals surface area contributed by atoms with Crippen LogP contribution >= 0.6 is 0 Å². The van der Waals surface area contributed by atoms with Gasteiger partial charge in [0.15, 0.2) is 5.82 Å². The molecule has 27 heavy (non-hydrogen) atoms. The highest BCUT2D eigenvalue weighted by molar-refractivity contribution is 6.39. The molecule has 4 aliphatic rings. The standard InChI is InChI=1S/C19H25N5O3/c1-23-16(25)7-6-14(21-23)17(26)24-10-13-3-2-8-19(13,11-24)18-20-15(22-27-18)9-12-4-5-12/h12-13H,2-11H2,1H3/t13-,19-/m1/s1. The Kier molecular flexibility index (Phi) is 3.84. The summed E-state index contributed by atoms with van der Waals surface area (Å²) in [6, 6.07) is 0. The van der Waals surface area contributed by atoms with Gasteiger partial charge in [-0.05, 0) is 37.5 Å². The van der Waals surface area contributed by atoms with Gasteiger partial charge < -0.3 is 9.42 Å². The van der Waals surface area contributed by atoms with Crippen molar-refractivity contribution >= 4 is 17.5 Å². The molecule has 0 N–H and O–H groups in total. The Bertz CT molecular complexity index is 814. The maximum absolute atomic E-state index is 13.0. The van der Waals surface area contributed by atoms with Gasteiger partial charge in [-0.1, -0.05) is 11.6 Å². The van der Waals surface area contributed by atoms with Crippen molar-refractivity contribution in [3.05, 3.63) is 11.7 Å². The maximum Gasteiger partial charge on any atom is 0.270 e. The second kappa shape index (κ2) is 6.14. The Morgan fingerprint density at radius 2 is 2.15 bits per heavy atom. The second-order valence-corrected chi connectivity index (χ2v) is 8.56. The molecular weight excluding hydrogens is 346 g/mol. The van der Waals surface area contributed by atoms with E-state index in [1.54, 1.807) is 7.05 Å². The zero-order chi connectivity index (χ0) is 18.6. The summed E-state index contributed by atoms with van der Waals surface area (Å²) in [6.45, 7) is 1.31. The number of hydrogen-bond acceptors (Lipinski definition) is 6. The first-order chi connectivity index (χ1) is 13.0. The summed E-state index contributed by atoms with van der Waals surface area (Å²) in [5, 5.41) is 9.70. The van der Waals surface area contributed by atoms with E-state index in [0.717, 1.165) is 37.4 Å². The van der Waals surface area contributed by atoms with Gasteiger partial charge >= 0.3 is 0 Å². The van der Waals surface area contributed by atoms with Gasteiger partial charge in [-0.25, -0.2) is 5.01 Å². The smallest absolute Gasteiger partial charge is 0.270 e. The zero-order valence-corrected chi connectivity index (χ0v) is 15.7. The summed E-state index contributed by atoms with van der Waals surface area (Å²) in [7, 11) is 1.61. The average Bonchev–Trinajstić information content (AvgIpc) is 3.04. The Labute approximate surface area is 158 Å². The van der Waals surface area contributed by atoms with Crippen LogP contribution < -0.4 is 0 Å². The Hall–Kier alpha value is -2.25. The van der Waals surface area contributed by atoms with Crippen LogP contribution in [0, 0.1) is 11.8 Å². The summed E-state index contributed by atoms with van der Waals surface area (Å²) in [6.07, 6.45) is 7.39. The predicted octanol–water partition coefficient (Wildman–Crippen LogP) is 1.51. The molecule has 5 rings (SSSR count). The number of carbonyl (C=O) groups is 2. The highest BCUT2D eigenvalue weighted by Gasteiger charge is 2.55. The fourth-order valence-corrected chi connectivity index (χ4v) is 4.92. The number of amides is 2. The van der Waals surface area contributed by atoms with Crippen LogP contribution in [0.3, 0.4) is 0 Å². The zero-order valence-electron chi connectivity index (χ0n) is 15.7. The van der Waals surface area contributed by atoms with Gasteiger partial charge in [-0.2, -0.15) is 10.1 Å². The van der Waals surface area contributed by atoms with Crippen LogP contribution in [0.15, 0.2) is 9.62 Å². The van der Waals surface area contributed by atoms with Crippen LogP contribution in [0.5, 0.6) is 0 Å². The molecule has 8 nitrogen and oxygen atoms in total. The lowest BCUT2D eigenvalue weighted by Crippen LogP contribution is -2.41. The van der Waals surface area contributed by atoms with Crippen molar-refractivity contribution in [2.75, 3.05) is 20.1 Å². The van der Waals surface area contributed by atoms with Gasteiger partial charge in [-0.3, -0.25) is 9.59 Å². The third-order valence-corrected chi connectivity index (χ3v) is 6.67. The lowest BCUT2D eigenvalue weighted by molar-refractivity contribution is -0.130. The summed E-state index contributed by atoms with van der Waals surface area (Å²) in [5.74, 6) is 2.51. The van der Waals surface area contributed by atoms with Crippen LogP contribution in [0.2, 0.25) is 0 Å². The van der Waals surface area contributed by atoms with E-state index in [1.807, 2.05) is 4.90 Å². The molecule has 0 spiro atoms. The first kappa shape index (κ1) is 16.9. The molecule has 1 saturated heterocycles. The van der Waals surface area contributed by atoms with E-state index in [2.05, 4.69) is 10.3 Å². The monoisotopic (exact) mass is 371 g/mol. The minimum atomic E-state index is -0.207. The van der Waals surface area contributed by atoms with Crippen LogP contribution in [-0.2, 0) is 21.4 Å². The third-order valence-electron chi connectivity index (χ3n) is 6.67. The quantitative estimate of drug-likeness (QED) is 0.800. The van der Waals surface area contributed by atoms with E-state index in [0.29, 0.717) is 43.5 Å². The fraction of sp³-hybridized carbons (Fsp3) is 0.737. The van der Waals surface area contributed by atoms with Crippen LogP contribution in [0.25, 0.3) is 0 Å². The molecule has 1 aromatic rings. The summed E-state index contributed by atoms with van der Waals surface area (Å²) < 4.78 is 5.70. The molecule has 144 valence electrons. The van der Waals surface area contributed by atoms with Gasteiger partial charge in [0.1, 0.15) is 5.71 Å². The van der Waals surface area contributed by atoms with E-state index >= 15 is 0 Å². The molecule has 2 aliphatic carbocycles. The maximum atomic E-state index is 13.0. The van der Waals surface area contributed by atoms with Crippen molar-refractivity contribution in [2.45, 2.75) is 56.8 Å². The second-order valence-electron chi connectivity index (χ2n) is 8.56. The molecule has 2 saturated carbocycles. The molecular formula is C19H25N5O3. The van der Waals surface area contributed by atoms with Gasteiger partial charge in [0, 0.05) is 39.4 Å². The first-order valence-electron chi connectivity index (χ1n) is 10.0. The largest absolute Gasteiger partial charge is 0.339 e. The molecule has 3 heterocycles. The van der Waals surface area contributed by atoms with Gasteiger partial charge in [-0.15, -0.1) is 0 Å². The van der Waals surface area contributed by atoms with Gasteiger partial charge in [0.2, 0.25) is 11.8 Å². The van der Waals surface area contributed by atoms with Crippen molar-refractivity contribution in [1.29, 1.82) is 0 Å². The van der Waals surface area contributed by atoms with Crippen LogP contribution in [0.4, 0.5) is 0 Å².